The van der Waals surface area contributed by atoms with Crippen LogP contribution in [0.5, 0.6) is 0 Å². The summed E-state index contributed by atoms with van der Waals surface area (Å²) in [6, 6.07) is 4.17. The van der Waals surface area contributed by atoms with E-state index in [0.717, 1.165) is 10.8 Å². The van der Waals surface area contributed by atoms with Crippen LogP contribution < -0.4 is 10.9 Å². The Hall–Kier alpha value is -2.06. The summed E-state index contributed by atoms with van der Waals surface area (Å²) in [5.74, 6) is -3.54. The molecule has 0 unspecified atom stereocenters. The van der Waals surface area contributed by atoms with E-state index in [1.54, 1.807) is 0 Å². The van der Waals surface area contributed by atoms with Gasteiger partial charge in [0.1, 0.15) is 10.8 Å². The van der Waals surface area contributed by atoms with Crippen LogP contribution in [-0.4, -0.2) is 32.8 Å². The molecular formula is C13H13ClF2N4O2. The van der Waals surface area contributed by atoms with E-state index in [1.165, 1.54) is 24.4 Å². The van der Waals surface area contributed by atoms with Crippen LogP contribution in [0.25, 0.3) is 0 Å². The van der Waals surface area contributed by atoms with Crippen LogP contribution >= 0.6 is 11.6 Å². The fourth-order valence-corrected chi connectivity index (χ4v) is 1.97. The van der Waals surface area contributed by atoms with Crippen molar-refractivity contribution in [3.05, 3.63) is 51.8 Å². The van der Waals surface area contributed by atoms with Gasteiger partial charge in [-0.3, -0.25) is 14.3 Å². The molecule has 2 heterocycles. The number of anilines is 1. The molecule has 0 amide bonds. The average molecular weight is 331 g/mol. The van der Waals surface area contributed by atoms with Gasteiger partial charge in [0.25, 0.3) is 5.56 Å². The third kappa shape index (κ3) is 3.58. The minimum absolute atomic E-state index is 0.0149. The van der Waals surface area contributed by atoms with Crippen LogP contribution in [0.1, 0.15) is 5.69 Å². The number of rotatable bonds is 6. The number of pyridine rings is 1. The van der Waals surface area contributed by atoms with Crippen molar-refractivity contribution in [1.82, 2.24) is 14.5 Å². The lowest BCUT2D eigenvalue weighted by Crippen LogP contribution is -2.31. The molecule has 2 aromatic rings. The van der Waals surface area contributed by atoms with Gasteiger partial charge in [-0.05, 0) is 12.1 Å². The van der Waals surface area contributed by atoms with Gasteiger partial charge in [0.2, 0.25) is 0 Å². The van der Waals surface area contributed by atoms with Crippen molar-refractivity contribution < 1.29 is 13.9 Å². The van der Waals surface area contributed by atoms with Crippen LogP contribution in [-0.2, 0) is 12.5 Å². The summed E-state index contributed by atoms with van der Waals surface area (Å²) in [7, 11) is 0. The van der Waals surface area contributed by atoms with Crippen LogP contribution in [0, 0.1) is 0 Å². The highest BCUT2D eigenvalue weighted by Gasteiger charge is 2.33. The molecule has 0 spiro atoms. The number of alkyl halides is 2. The number of hydrogen-bond donors (Lipinski definition) is 2. The number of aliphatic hydroxyl groups excluding tert-OH is 1. The second kappa shape index (κ2) is 6.80. The number of aliphatic hydroxyl groups is 1. The first-order chi connectivity index (χ1) is 10.5. The largest absolute Gasteiger partial charge is 0.395 e. The van der Waals surface area contributed by atoms with E-state index < -0.39 is 23.7 Å². The lowest BCUT2D eigenvalue weighted by atomic mass is 10.2. The van der Waals surface area contributed by atoms with Crippen molar-refractivity contribution in [1.29, 1.82) is 0 Å². The molecule has 0 aliphatic carbocycles. The molecule has 0 bridgehead atoms. The molecule has 0 atom stereocenters. The van der Waals surface area contributed by atoms with Crippen LogP contribution in [0.15, 0.2) is 35.4 Å². The van der Waals surface area contributed by atoms with Gasteiger partial charge in [0, 0.05) is 6.20 Å². The highest BCUT2D eigenvalue weighted by Crippen LogP contribution is 2.25. The second-order valence-electron chi connectivity index (χ2n) is 4.38. The van der Waals surface area contributed by atoms with Crippen molar-refractivity contribution >= 4 is 17.4 Å². The van der Waals surface area contributed by atoms with Gasteiger partial charge in [-0.15, -0.1) is 0 Å². The molecule has 0 aliphatic rings. The maximum absolute atomic E-state index is 14.0. The molecule has 22 heavy (non-hydrogen) atoms. The molecule has 0 aromatic carbocycles. The SMILES string of the molecule is O=c1c(NCC(F)(F)c2ccccn2)ncc(Cl)n1CCO. The lowest BCUT2D eigenvalue weighted by molar-refractivity contribution is 0.00588. The van der Waals surface area contributed by atoms with E-state index in [4.69, 9.17) is 16.7 Å². The topological polar surface area (TPSA) is 80.0 Å². The highest BCUT2D eigenvalue weighted by molar-refractivity contribution is 6.29. The molecule has 0 saturated heterocycles. The minimum atomic E-state index is -3.27. The normalized spacial score (nSPS) is 11.5. The molecule has 6 nitrogen and oxygen atoms in total. The third-order valence-corrected chi connectivity index (χ3v) is 3.15. The smallest absolute Gasteiger partial charge is 0.306 e. The van der Waals surface area contributed by atoms with Crippen molar-refractivity contribution in [2.75, 3.05) is 18.5 Å². The van der Waals surface area contributed by atoms with Crippen LogP contribution in [0.2, 0.25) is 5.15 Å². The lowest BCUT2D eigenvalue weighted by Gasteiger charge is -2.17. The van der Waals surface area contributed by atoms with Gasteiger partial charge in [0.15, 0.2) is 5.82 Å². The maximum atomic E-state index is 14.0. The van der Waals surface area contributed by atoms with E-state index in [2.05, 4.69) is 15.3 Å². The quantitative estimate of drug-likeness (QED) is 0.839. The molecular weight excluding hydrogens is 318 g/mol. The van der Waals surface area contributed by atoms with Crippen molar-refractivity contribution in [2.45, 2.75) is 12.5 Å². The third-order valence-electron chi connectivity index (χ3n) is 2.85. The fourth-order valence-electron chi connectivity index (χ4n) is 1.76. The van der Waals surface area contributed by atoms with Gasteiger partial charge in [-0.25, -0.2) is 4.98 Å². The minimum Gasteiger partial charge on any atom is -0.395 e. The van der Waals surface area contributed by atoms with Crippen LogP contribution in [0.4, 0.5) is 14.6 Å². The Kier molecular flexibility index (Phi) is 5.04. The van der Waals surface area contributed by atoms with Gasteiger partial charge in [-0.1, -0.05) is 17.7 Å². The Bertz CT molecular complexity index is 694. The number of nitrogens with zero attached hydrogens (tertiary/aromatic N) is 3. The molecule has 0 aliphatic heterocycles. The molecule has 9 heteroatoms. The summed E-state index contributed by atoms with van der Waals surface area (Å²) in [5, 5.41) is 11.2. The first-order valence-electron chi connectivity index (χ1n) is 6.35. The van der Waals surface area contributed by atoms with Gasteiger partial charge in [0.05, 0.1) is 25.9 Å². The summed E-state index contributed by atoms with van der Waals surface area (Å²) < 4.78 is 29.0. The monoisotopic (exact) mass is 330 g/mol. The van der Waals surface area contributed by atoms with E-state index in [0.29, 0.717) is 0 Å². The standard InChI is InChI=1S/C13H13ClF2N4O2/c14-10-7-18-11(12(22)20(10)5-6-21)19-8-13(15,16)9-3-1-2-4-17-9/h1-4,7,21H,5-6,8H2,(H,18,19). The van der Waals surface area contributed by atoms with Gasteiger partial charge in [-0.2, -0.15) is 8.78 Å². The summed E-state index contributed by atoms with van der Waals surface area (Å²) in [6.45, 7) is -1.20. The van der Waals surface area contributed by atoms with E-state index in [-0.39, 0.29) is 24.1 Å². The molecule has 2 rings (SSSR count). The Morgan fingerprint density at radius 3 is 2.77 bits per heavy atom. The van der Waals surface area contributed by atoms with Crippen molar-refractivity contribution in [2.24, 2.45) is 0 Å². The summed E-state index contributed by atoms with van der Waals surface area (Å²) in [5.41, 5.74) is -1.09. The highest BCUT2D eigenvalue weighted by atomic mass is 35.5. The average Bonchev–Trinajstić information content (AvgIpc) is 2.51. The Labute approximate surface area is 129 Å². The Balaban J connectivity index is 2.18. The molecule has 0 radical (unpaired) electrons. The Morgan fingerprint density at radius 1 is 1.36 bits per heavy atom. The van der Waals surface area contributed by atoms with Gasteiger partial charge < -0.3 is 10.4 Å². The zero-order chi connectivity index (χ0) is 16.2. The van der Waals surface area contributed by atoms with E-state index >= 15 is 0 Å². The molecule has 2 aromatic heterocycles. The fraction of sp³-hybridized carbons (Fsp3) is 0.308. The number of halogens is 3. The van der Waals surface area contributed by atoms with Crippen molar-refractivity contribution in [3.8, 4) is 0 Å². The number of nitrogens with one attached hydrogen (secondary N) is 1. The van der Waals surface area contributed by atoms with Crippen LogP contribution in [0.3, 0.4) is 0 Å². The number of hydrogen-bond acceptors (Lipinski definition) is 5. The van der Waals surface area contributed by atoms with E-state index in [9.17, 15) is 13.6 Å². The van der Waals surface area contributed by atoms with Gasteiger partial charge >= 0.3 is 5.92 Å². The molecule has 2 N–H and O–H groups in total. The first kappa shape index (κ1) is 16.3. The zero-order valence-electron chi connectivity index (χ0n) is 11.3. The summed E-state index contributed by atoms with van der Waals surface area (Å²) in [6.07, 6.45) is 2.41. The van der Waals surface area contributed by atoms with Crippen molar-refractivity contribution in [3.63, 3.8) is 0 Å². The molecule has 118 valence electrons. The summed E-state index contributed by atoms with van der Waals surface area (Å²) >= 11 is 5.77. The second-order valence-corrected chi connectivity index (χ2v) is 4.77. The zero-order valence-corrected chi connectivity index (χ0v) is 12.1. The summed E-state index contributed by atoms with van der Waals surface area (Å²) in [4.78, 5) is 19.3. The Morgan fingerprint density at radius 2 is 2.14 bits per heavy atom. The predicted octanol–water partition coefficient (Wildman–Crippen LogP) is 1.49. The molecule has 0 fully saturated rings. The predicted molar refractivity (Wildman–Crippen MR) is 77.2 cm³/mol. The van der Waals surface area contributed by atoms with E-state index in [1.807, 2.05) is 0 Å². The molecule has 0 saturated carbocycles. The first-order valence-corrected chi connectivity index (χ1v) is 6.73. The number of aromatic nitrogens is 3. The maximum Gasteiger partial charge on any atom is 0.306 e.